The Labute approximate surface area is 247 Å². The number of hydrogen-bond acceptors (Lipinski definition) is 6. The predicted octanol–water partition coefficient (Wildman–Crippen LogP) is 5.48. The summed E-state index contributed by atoms with van der Waals surface area (Å²) in [5.74, 6) is 1.23. The number of hydrogen-bond donors (Lipinski definition) is 1. The third-order valence-electron chi connectivity index (χ3n) is 9.64. The highest BCUT2D eigenvalue weighted by Crippen LogP contribution is 2.53. The number of pyridine rings is 1. The number of likely N-dealkylation sites (tertiary alicyclic amines) is 1. The van der Waals surface area contributed by atoms with E-state index in [0.29, 0.717) is 49.1 Å². The smallest absolute Gasteiger partial charge is 0.274 e. The molecule has 9 heteroatoms. The number of nitriles is 1. The summed E-state index contributed by atoms with van der Waals surface area (Å²) in [7, 11) is 1.94. The fourth-order valence-electron chi connectivity index (χ4n) is 7.58. The van der Waals surface area contributed by atoms with Crippen molar-refractivity contribution in [1.82, 2.24) is 24.6 Å². The Kier molecular flexibility index (Phi) is 7.38. The van der Waals surface area contributed by atoms with Gasteiger partial charge in [-0.25, -0.2) is 9.37 Å². The van der Waals surface area contributed by atoms with Crippen molar-refractivity contribution in [2.24, 2.45) is 18.9 Å². The van der Waals surface area contributed by atoms with Crippen LogP contribution in [0.3, 0.4) is 0 Å². The van der Waals surface area contributed by atoms with Crippen molar-refractivity contribution in [3.8, 4) is 6.07 Å². The van der Waals surface area contributed by atoms with Crippen molar-refractivity contribution in [3.63, 3.8) is 0 Å². The van der Waals surface area contributed by atoms with E-state index in [1.165, 1.54) is 5.56 Å². The first-order chi connectivity index (χ1) is 20.1. The summed E-state index contributed by atoms with van der Waals surface area (Å²) in [4.78, 5) is 20.8. The minimum atomic E-state index is -0.814. The number of rotatable bonds is 7. The standard InChI is InChI=1S/C33H40FN7O/c1-21-12-25(34)19-41(17-21)18-23-13-28(38-29-27(23)8-10-32(29,2)3)30(42)37-26-7-5-6-24(14-26)33(15-22(16-33)9-11-35)31-39-36-20-40(31)4/h5-7,13-14,20-22,25H,8-10,12,15-19H2,1-4H3,(H,37,42). The van der Waals surface area contributed by atoms with Crippen LogP contribution in [0.2, 0.25) is 0 Å². The first kappa shape index (κ1) is 28.5. The average Bonchev–Trinajstić information content (AvgIpc) is 3.48. The third kappa shape index (κ3) is 5.22. The number of halogens is 1. The van der Waals surface area contributed by atoms with Gasteiger partial charge in [-0.15, -0.1) is 10.2 Å². The van der Waals surface area contributed by atoms with Crippen LogP contribution in [-0.4, -0.2) is 49.8 Å². The molecule has 2 aromatic heterocycles. The zero-order valence-electron chi connectivity index (χ0n) is 25.0. The number of nitrogens with one attached hydrogen (secondary N) is 1. The maximum absolute atomic E-state index is 14.4. The molecule has 2 aliphatic carbocycles. The number of nitrogens with zero attached hydrogens (tertiary/aromatic N) is 6. The van der Waals surface area contributed by atoms with E-state index in [1.807, 2.05) is 35.9 Å². The molecule has 1 N–H and O–H groups in total. The van der Waals surface area contributed by atoms with Crippen LogP contribution in [0.25, 0.3) is 0 Å². The first-order valence-corrected chi connectivity index (χ1v) is 15.1. The van der Waals surface area contributed by atoms with Crippen LogP contribution in [-0.2, 0) is 30.8 Å². The van der Waals surface area contributed by atoms with Gasteiger partial charge in [0.1, 0.15) is 24.0 Å². The Morgan fingerprint density at radius 3 is 2.76 bits per heavy atom. The Morgan fingerprint density at radius 1 is 1.24 bits per heavy atom. The Bertz CT molecular complexity index is 1520. The molecule has 1 saturated heterocycles. The summed E-state index contributed by atoms with van der Waals surface area (Å²) in [5, 5.41) is 20.9. The largest absolute Gasteiger partial charge is 0.321 e. The molecule has 0 radical (unpaired) electrons. The summed E-state index contributed by atoms with van der Waals surface area (Å²) in [6.45, 7) is 8.40. The fourth-order valence-corrected chi connectivity index (χ4v) is 7.58. The summed E-state index contributed by atoms with van der Waals surface area (Å²) in [6.07, 6.45) is 5.54. The second kappa shape index (κ2) is 10.9. The Hall–Kier alpha value is -3.64. The lowest BCUT2D eigenvalue weighted by Crippen LogP contribution is -2.44. The minimum absolute atomic E-state index is 0.120. The quantitative estimate of drug-likeness (QED) is 0.405. The van der Waals surface area contributed by atoms with E-state index in [2.05, 4.69) is 53.3 Å². The van der Waals surface area contributed by atoms with E-state index < -0.39 is 6.17 Å². The SMILES string of the molecule is CC1CC(F)CN(Cc2cc(C(=O)Nc3cccc(C4(c5nncn5C)CC(CC#N)C4)c3)nc3c2CCC3(C)C)C1. The van der Waals surface area contributed by atoms with Gasteiger partial charge in [-0.3, -0.25) is 9.69 Å². The highest BCUT2D eigenvalue weighted by molar-refractivity contribution is 6.03. The molecule has 8 nitrogen and oxygen atoms in total. The van der Waals surface area contributed by atoms with Crippen molar-refractivity contribution >= 4 is 11.6 Å². The maximum Gasteiger partial charge on any atom is 0.274 e. The predicted molar refractivity (Wildman–Crippen MR) is 159 cm³/mol. The highest BCUT2D eigenvalue weighted by atomic mass is 19.1. The second-order valence-electron chi connectivity index (χ2n) is 13.5. The van der Waals surface area contributed by atoms with Crippen molar-refractivity contribution < 1.29 is 9.18 Å². The number of benzene rings is 1. The van der Waals surface area contributed by atoms with Gasteiger partial charge in [0.25, 0.3) is 5.91 Å². The molecule has 0 spiro atoms. The van der Waals surface area contributed by atoms with E-state index in [1.54, 1.807) is 6.33 Å². The number of fused-ring (bicyclic) bond motifs is 1. The molecule has 1 saturated carbocycles. The summed E-state index contributed by atoms with van der Waals surface area (Å²) in [5.41, 5.74) is 4.96. The van der Waals surface area contributed by atoms with Gasteiger partial charge in [0.2, 0.25) is 0 Å². The van der Waals surface area contributed by atoms with Gasteiger partial charge in [0, 0.05) is 44.2 Å². The lowest BCUT2D eigenvalue weighted by Gasteiger charge is -2.46. The minimum Gasteiger partial charge on any atom is -0.321 e. The van der Waals surface area contributed by atoms with Crippen LogP contribution in [0.5, 0.6) is 0 Å². The molecular weight excluding hydrogens is 529 g/mol. The van der Waals surface area contributed by atoms with Crippen LogP contribution < -0.4 is 5.32 Å². The Morgan fingerprint density at radius 2 is 2.05 bits per heavy atom. The number of anilines is 1. The molecule has 3 aromatic rings. The van der Waals surface area contributed by atoms with Crippen molar-refractivity contribution in [1.29, 1.82) is 5.26 Å². The van der Waals surface area contributed by atoms with Crippen LogP contribution in [0.15, 0.2) is 36.7 Å². The molecule has 42 heavy (non-hydrogen) atoms. The zero-order chi connectivity index (χ0) is 29.6. The second-order valence-corrected chi connectivity index (χ2v) is 13.5. The molecule has 2 unspecified atom stereocenters. The lowest BCUT2D eigenvalue weighted by molar-refractivity contribution is 0.0969. The van der Waals surface area contributed by atoms with E-state index in [-0.39, 0.29) is 16.7 Å². The molecule has 1 aromatic carbocycles. The van der Waals surface area contributed by atoms with Gasteiger partial charge in [0.05, 0.1) is 17.2 Å². The molecule has 3 heterocycles. The van der Waals surface area contributed by atoms with Crippen molar-refractivity contribution in [2.45, 2.75) is 82.8 Å². The van der Waals surface area contributed by atoms with E-state index in [4.69, 9.17) is 4.98 Å². The molecule has 2 atom stereocenters. The molecule has 3 aliphatic rings. The van der Waals surface area contributed by atoms with Gasteiger partial charge in [-0.05, 0) is 78.8 Å². The molecule has 2 fully saturated rings. The Balaban J connectivity index is 1.28. The number of piperidine rings is 1. The normalized spacial score (nSPS) is 26.7. The average molecular weight is 570 g/mol. The maximum atomic E-state index is 14.4. The first-order valence-electron chi connectivity index (χ1n) is 15.1. The lowest BCUT2D eigenvalue weighted by atomic mass is 9.57. The highest BCUT2D eigenvalue weighted by Gasteiger charge is 2.49. The van der Waals surface area contributed by atoms with Gasteiger partial charge < -0.3 is 9.88 Å². The van der Waals surface area contributed by atoms with Crippen LogP contribution in [0, 0.1) is 23.2 Å². The zero-order valence-corrected chi connectivity index (χ0v) is 25.0. The molecule has 6 rings (SSSR count). The van der Waals surface area contributed by atoms with Gasteiger partial charge in [-0.1, -0.05) is 32.9 Å². The molecule has 1 aliphatic heterocycles. The molecule has 1 amide bonds. The molecule has 220 valence electrons. The number of amides is 1. The molecule has 0 bridgehead atoms. The van der Waals surface area contributed by atoms with E-state index in [0.717, 1.165) is 54.9 Å². The number of aryl methyl sites for hydroxylation is 1. The van der Waals surface area contributed by atoms with Crippen LogP contribution in [0.1, 0.15) is 91.6 Å². The monoisotopic (exact) mass is 569 g/mol. The topological polar surface area (TPSA) is 99.7 Å². The van der Waals surface area contributed by atoms with Gasteiger partial charge in [0.15, 0.2) is 0 Å². The summed E-state index contributed by atoms with van der Waals surface area (Å²) < 4.78 is 16.4. The number of alkyl halides is 1. The van der Waals surface area contributed by atoms with Gasteiger partial charge in [-0.2, -0.15) is 5.26 Å². The van der Waals surface area contributed by atoms with Crippen LogP contribution in [0.4, 0.5) is 10.1 Å². The van der Waals surface area contributed by atoms with Crippen molar-refractivity contribution in [2.75, 3.05) is 18.4 Å². The van der Waals surface area contributed by atoms with E-state index in [9.17, 15) is 14.4 Å². The third-order valence-corrected chi connectivity index (χ3v) is 9.64. The fraction of sp³-hybridized carbons (Fsp3) is 0.545. The number of carbonyl (C=O) groups is 1. The van der Waals surface area contributed by atoms with Crippen LogP contribution >= 0.6 is 0 Å². The van der Waals surface area contributed by atoms with Gasteiger partial charge >= 0.3 is 0 Å². The number of aromatic nitrogens is 4. The van der Waals surface area contributed by atoms with E-state index >= 15 is 0 Å². The summed E-state index contributed by atoms with van der Waals surface area (Å²) >= 11 is 0. The molecular formula is C33H40FN7O. The summed E-state index contributed by atoms with van der Waals surface area (Å²) in [6, 6.07) is 12.2. The van der Waals surface area contributed by atoms with Crippen molar-refractivity contribution in [3.05, 3.63) is 70.6 Å². The number of carbonyl (C=O) groups excluding carboxylic acids is 1.